The fourth-order valence-electron chi connectivity index (χ4n) is 2.65. The molecule has 0 bridgehead atoms. The lowest BCUT2D eigenvalue weighted by molar-refractivity contribution is 0.0700. The van der Waals surface area contributed by atoms with Gasteiger partial charge in [0.15, 0.2) is 0 Å². The minimum Gasteiger partial charge on any atom is -0.497 e. The van der Waals surface area contributed by atoms with Crippen molar-refractivity contribution in [3.05, 3.63) is 45.6 Å². The van der Waals surface area contributed by atoms with Crippen molar-refractivity contribution < 1.29 is 24.2 Å². The average molecular weight is 361 g/mol. The predicted molar refractivity (Wildman–Crippen MR) is 93.7 cm³/mol. The van der Waals surface area contributed by atoms with Gasteiger partial charge in [-0.25, -0.2) is 4.79 Å². The van der Waals surface area contributed by atoms with Crippen molar-refractivity contribution >= 4 is 23.2 Å². The van der Waals surface area contributed by atoms with Crippen LogP contribution in [0, 0.1) is 0 Å². The summed E-state index contributed by atoms with van der Waals surface area (Å²) in [6, 6.07) is 8.71. The number of methoxy groups -OCH3 is 2. The number of aromatic carboxylic acids is 1. The number of nitrogens with zero attached hydrogens (tertiary/aromatic N) is 1. The number of rotatable bonds is 7. The van der Waals surface area contributed by atoms with Gasteiger partial charge >= 0.3 is 5.97 Å². The SMILES string of the molecule is COc1ccc(OC)c(CN(C(=O)c2ccc(C(=O)O)s2)C2CC2)c1. The number of carbonyl (C=O) groups excluding carboxylic acids is 1. The average Bonchev–Trinajstić information content (AvgIpc) is 3.33. The summed E-state index contributed by atoms with van der Waals surface area (Å²) < 4.78 is 10.7. The zero-order valence-corrected chi connectivity index (χ0v) is 14.8. The van der Waals surface area contributed by atoms with Crippen LogP contribution in [0.1, 0.15) is 37.7 Å². The van der Waals surface area contributed by atoms with Gasteiger partial charge in [-0.15, -0.1) is 11.3 Å². The van der Waals surface area contributed by atoms with Gasteiger partial charge in [0, 0.05) is 11.6 Å². The minimum absolute atomic E-state index is 0.148. The second-order valence-corrected chi connectivity index (χ2v) is 6.89. The molecule has 1 amide bonds. The summed E-state index contributed by atoms with van der Waals surface area (Å²) in [6.45, 7) is 0.393. The molecule has 0 saturated heterocycles. The van der Waals surface area contributed by atoms with Gasteiger partial charge in [-0.05, 0) is 43.2 Å². The highest BCUT2D eigenvalue weighted by atomic mass is 32.1. The number of carboxylic acid groups (broad SMARTS) is 1. The zero-order chi connectivity index (χ0) is 18.0. The largest absolute Gasteiger partial charge is 0.497 e. The van der Waals surface area contributed by atoms with Crippen LogP contribution in [-0.2, 0) is 6.54 Å². The normalized spacial score (nSPS) is 13.4. The molecule has 25 heavy (non-hydrogen) atoms. The Bertz CT molecular complexity index is 797. The van der Waals surface area contributed by atoms with Gasteiger partial charge in [0.1, 0.15) is 16.4 Å². The van der Waals surface area contributed by atoms with E-state index in [-0.39, 0.29) is 16.8 Å². The van der Waals surface area contributed by atoms with E-state index in [2.05, 4.69) is 0 Å². The molecule has 1 aromatic carbocycles. The Morgan fingerprint density at radius 1 is 1.16 bits per heavy atom. The quantitative estimate of drug-likeness (QED) is 0.819. The van der Waals surface area contributed by atoms with Crippen LogP contribution >= 0.6 is 11.3 Å². The first-order valence-electron chi connectivity index (χ1n) is 7.88. The van der Waals surface area contributed by atoms with E-state index in [1.165, 1.54) is 6.07 Å². The Labute approximate surface area is 149 Å². The maximum atomic E-state index is 12.9. The molecule has 1 N–H and O–H groups in total. The van der Waals surface area contributed by atoms with Crippen LogP contribution in [-0.4, -0.2) is 42.1 Å². The monoisotopic (exact) mass is 361 g/mol. The highest BCUT2D eigenvalue weighted by molar-refractivity contribution is 7.15. The van der Waals surface area contributed by atoms with Crippen LogP contribution in [0.5, 0.6) is 11.5 Å². The molecule has 0 unspecified atom stereocenters. The Morgan fingerprint density at radius 3 is 2.44 bits per heavy atom. The Balaban J connectivity index is 1.86. The van der Waals surface area contributed by atoms with Crippen molar-refractivity contribution in [3.8, 4) is 11.5 Å². The van der Waals surface area contributed by atoms with E-state index in [0.717, 1.165) is 29.7 Å². The maximum absolute atomic E-state index is 12.9. The van der Waals surface area contributed by atoms with Crippen molar-refractivity contribution in [1.82, 2.24) is 4.90 Å². The van der Waals surface area contributed by atoms with Crippen molar-refractivity contribution in [3.63, 3.8) is 0 Å². The summed E-state index contributed by atoms with van der Waals surface area (Å²) >= 11 is 1.00. The first kappa shape index (κ1) is 17.3. The Morgan fingerprint density at radius 2 is 1.88 bits per heavy atom. The molecular formula is C18H19NO5S. The molecule has 2 aromatic rings. The van der Waals surface area contributed by atoms with Gasteiger partial charge in [0.2, 0.25) is 0 Å². The molecule has 1 aromatic heterocycles. The second-order valence-electron chi connectivity index (χ2n) is 5.81. The molecule has 0 radical (unpaired) electrons. The molecule has 0 spiro atoms. The van der Waals surface area contributed by atoms with E-state index < -0.39 is 5.97 Å². The van der Waals surface area contributed by atoms with E-state index in [9.17, 15) is 9.59 Å². The van der Waals surface area contributed by atoms with Crippen molar-refractivity contribution in [2.24, 2.45) is 0 Å². The minimum atomic E-state index is -1.02. The van der Waals surface area contributed by atoms with Crippen molar-refractivity contribution in [2.45, 2.75) is 25.4 Å². The molecule has 1 fully saturated rings. The number of carboxylic acids is 1. The van der Waals surface area contributed by atoms with Gasteiger partial charge in [-0.2, -0.15) is 0 Å². The van der Waals surface area contributed by atoms with Gasteiger partial charge in [-0.1, -0.05) is 0 Å². The highest BCUT2D eigenvalue weighted by Crippen LogP contribution is 2.34. The fraction of sp³-hybridized carbons (Fsp3) is 0.333. The van der Waals surface area contributed by atoms with Crippen LogP contribution < -0.4 is 9.47 Å². The lowest BCUT2D eigenvalue weighted by Crippen LogP contribution is -2.32. The van der Waals surface area contributed by atoms with Gasteiger partial charge in [0.25, 0.3) is 5.91 Å². The molecule has 6 nitrogen and oxygen atoms in total. The van der Waals surface area contributed by atoms with E-state index >= 15 is 0 Å². The number of carbonyl (C=O) groups is 2. The summed E-state index contributed by atoms with van der Waals surface area (Å²) in [6.07, 6.45) is 1.91. The molecule has 1 aliphatic carbocycles. The topological polar surface area (TPSA) is 76.1 Å². The molecule has 3 rings (SSSR count). The number of hydrogen-bond acceptors (Lipinski definition) is 5. The summed E-state index contributed by atoms with van der Waals surface area (Å²) in [4.78, 5) is 26.3. The summed E-state index contributed by atoms with van der Waals surface area (Å²) in [7, 11) is 3.18. The van der Waals surface area contributed by atoms with Crippen molar-refractivity contribution in [1.29, 1.82) is 0 Å². The van der Waals surface area contributed by atoms with Crippen LogP contribution in [0.15, 0.2) is 30.3 Å². The standard InChI is InChI=1S/C18H19NO5S/c1-23-13-5-6-14(24-2)11(9-13)10-19(12-3-4-12)17(20)15-7-8-16(25-15)18(21)22/h5-9,12H,3-4,10H2,1-2H3,(H,21,22). The molecule has 1 saturated carbocycles. The molecule has 0 aliphatic heterocycles. The molecule has 0 atom stereocenters. The fourth-order valence-corrected chi connectivity index (χ4v) is 3.45. The first-order valence-corrected chi connectivity index (χ1v) is 8.70. The van der Waals surface area contributed by atoms with Gasteiger partial charge in [0.05, 0.1) is 25.6 Å². The maximum Gasteiger partial charge on any atom is 0.345 e. The Kier molecular flexibility index (Phi) is 4.94. The molecule has 7 heteroatoms. The summed E-state index contributed by atoms with van der Waals surface area (Å²) in [5.74, 6) is 0.223. The van der Waals surface area contributed by atoms with E-state index in [1.54, 1.807) is 25.2 Å². The van der Waals surface area contributed by atoms with Crippen molar-refractivity contribution in [2.75, 3.05) is 14.2 Å². The molecule has 1 aliphatic rings. The number of benzene rings is 1. The number of ether oxygens (including phenoxy) is 2. The smallest absolute Gasteiger partial charge is 0.345 e. The predicted octanol–water partition coefficient (Wildman–Crippen LogP) is 3.27. The second kappa shape index (κ2) is 7.14. The van der Waals surface area contributed by atoms with E-state index in [4.69, 9.17) is 14.6 Å². The highest BCUT2D eigenvalue weighted by Gasteiger charge is 2.34. The molecule has 1 heterocycles. The van der Waals surface area contributed by atoms with Crippen LogP contribution in [0.2, 0.25) is 0 Å². The molecular weight excluding hydrogens is 342 g/mol. The van der Waals surface area contributed by atoms with Gasteiger partial charge < -0.3 is 19.5 Å². The van der Waals surface area contributed by atoms with Crippen LogP contribution in [0.3, 0.4) is 0 Å². The third kappa shape index (κ3) is 3.76. The summed E-state index contributed by atoms with van der Waals surface area (Å²) in [5, 5.41) is 9.06. The number of hydrogen-bond donors (Lipinski definition) is 1. The van der Waals surface area contributed by atoms with E-state index in [1.807, 2.05) is 18.2 Å². The number of thiophene rings is 1. The zero-order valence-electron chi connectivity index (χ0n) is 14.0. The van der Waals surface area contributed by atoms with Crippen LogP contribution in [0.25, 0.3) is 0 Å². The van der Waals surface area contributed by atoms with Crippen LogP contribution in [0.4, 0.5) is 0 Å². The van der Waals surface area contributed by atoms with E-state index in [0.29, 0.717) is 22.9 Å². The lowest BCUT2D eigenvalue weighted by Gasteiger charge is -2.23. The lowest BCUT2D eigenvalue weighted by atomic mass is 10.1. The third-order valence-electron chi connectivity index (χ3n) is 4.10. The number of amides is 1. The van der Waals surface area contributed by atoms with Gasteiger partial charge in [-0.3, -0.25) is 4.79 Å². The first-order chi connectivity index (χ1) is 12.0. The summed E-state index contributed by atoms with van der Waals surface area (Å²) in [5.41, 5.74) is 0.858. The Hall–Kier alpha value is -2.54. The molecule has 132 valence electrons. The third-order valence-corrected chi connectivity index (χ3v) is 5.17.